The van der Waals surface area contributed by atoms with Crippen molar-refractivity contribution in [3.63, 3.8) is 0 Å². The molecule has 0 aliphatic rings. The van der Waals surface area contributed by atoms with Crippen LogP contribution in [0.5, 0.6) is 11.5 Å². The Hall–Kier alpha value is -3.09. The molecule has 136 valence electrons. The van der Waals surface area contributed by atoms with E-state index in [2.05, 4.69) is 9.97 Å². The summed E-state index contributed by atoms with van der Waals surface area (Å²) in [5.74, 6) is 1.01. The van der Waals surface area contributed by atoms with E-state index in [-0.39, 0.29) is 11.4 Å². The quantitative estimate of drug-likeness (QED) is 0.517. The Morgan fingerprint density at radius 1 is 1.19 bits per heavy atom. The van der Waals surface area contributed by atoms with Gasteiger partial charge in [-0.05, 0) is 49.6 Å². The van der Waals surface area contributed by atoms with Gasteiger partial charge in [-0.15, -0.1) is 0 Å². The summed E-state index contributed by atoms with van der Waals surface area (Å²) in [6.45, 7) is 6.37. The maximum absolute atomic E-state index is 11.5. The average molecular weight is 355 g/mol. The molecule has 0 aliphatic carbocycles. The summed E-state index contributed by atoms with van der Waals surface area (Å²) in [7, 11) is 1.47. The predicted octanol–water partition coefficient (Wildman–Crippen LogP) is 4.55. The zero-order valence-corrected chi connectivity index (χ0v) is 15.3. The fourth-order valence-corrected chi connectivity index (χ4v) is 2.77. The van der Waals surface area contributed by atoms with Gasteiger partial charge in [-0.25, -0.2) is 4.98 Å². The highest BCUT2D eigenvalue weighted by molar-refractivity contribution is 5.82. The SMILES string of the molecule is CCCOc1c(OC)cc(-c2nc3cc(C)c(C)cc3[nH]2)cc1[N+](=O)[O-]. The zero-order chi connectivity index (χ0) is 18.8. The second kappa shape index (κ2) is 7.03. The van der Waals surface area contributed by atoms with E-state index in [0.29, 0.717) is 23.7 Å². The lowest BCUT2D eigenvalue weighted by Crippen LogP contribution is -2.02. The predicted molar refractivity (Wildman–Crippen MR) is 100.0 cm³/mol. The second-order valence-electron chi connectivity index (χ2n) is 6.17. The lowest BCUT2D eigenvalue weighted by molar-refractivity contribution is -0.385. The topological polar surface area (TPSA) is 90.3 Å². The van der Waals surface area contributed by atoms with Crippen molar-refractivity contribution in [2.24, 2.45) is 0 Å². The maximum Gasteiger partial charge on any atom is 0.315 e. The van der Waals surface area contributed by atoms with E-state index < -0.39 is 4.92 Å². The normalized spacial score (nSPS) is 10.9. The Balaban J connectivity index is 2.15. The summed E-state index contributed by atoms with van der Waals surface area (Å²) in [5.41, 5.74) is 4.43. The molecule has 0 saturated carbocycles. The van der Waals surface area contributed by atoms with Crippen LogP contribution >= 0.6 is 0 Å². The van der Waals surface area contributed by atoms with Crippen LogP contribution in [0.4, 0.5) is 5.69 Å². The van der Waals surface area contributed by atoms with Crippen LogP contribution in [-0.4, -0.2) is 28.6 Å². The maximum atomic E-state index is 11.5. The molecule has 7 nitrogen and oxygen atoms in total. The molecule has 0 atom stereocenters. The molecule has 0 unspecified atom stereocenters. The van der Waals surface area contributed by atoms with Crippen molar-refractivity contribution in [2.45, 2.75) is 27.2 Å². The van der Waals surface area contributed by atoms with Crippen LogP contribution in [0.3, 0.4) is 0 Å². The standard InChI is InChI=1S/C19H21N3O4/c1-5-6-26-18-16(22(23)24)9-13(10-17(18)25-4)19-20-14-7-11(2)12(3)8-15(14)21-19/h7-10H,5-6H2,1-4H3,(H,20,21). The van der Waals surface area contributed by atoms with Crippen LogP contribution < -0.4 is 9.47 Å². The van der Waals surface area contributed by atoms with Crippen LogP contribution in [-0.2, 0) is 0 Å². The molecule has 26 heavy (non-hydrogen) atoms. The van der Waals surface area contributed by atoms with Crippen LogP contribution in [0.1, 0.15) is 24.5 Å². The van der Waals surface area contributed by atoms with E-state index in [9.17, 15) is 10.1 Å². The average Bonchev–Trinajstić information content (AvgIpc) is 3.02. The number of hydrogen-bond acceptors (Lipinski definition) is 5. The van der Waals surface area contributed by atoms with Gasteiger partial charge in [0.25, 0.3) is 0 Å². The van der Waals surface area contributed by atoms with E-state index in [1.807, 2.05) is 32.9 Å². The molecule has 1 aromatic heterocycles. The molecule has 1 heterocycles. The minimum atomic E-state index is -0.464. The largest absolute Gasteiger partial charge is 0.493 e. The van der Waals surface area contributed by atoms with Gasteiger partial charge in [0.15, 0.2) is 5.75 Å². The number of rotatable bonds is 6. The number of fused-ring (bicyclic) bond motifs is 1. The molecule has 0 spiro atoms. The second-order valence-corrected chi connectivity index (χ2v) is 6.17. The summed E-state index contributed by atoms with van der Waals surface area (Å²) in [6.07, 6.45) is 0.740. The van der Waals surface area contributed by atoms with Crippen molar-refractivity contribution in [1.29, 1.82) is 0 Å². The molecule has 0 aliphatic heterocycles. The number of imidazole rings is 1. The first kappa shape index (κ1) is 17.7. The van der Waals surface area contributed by atoms with E-state index in [0.717, 1.165) is 28.6 Å². The van der Waals surface area contributed by atoms with Crippen LogP contribution in [0, 0.1) is 24.0 Å². The number of hydrogen-bond donors (Lipinski definition) is 1. The van der Waals surface area contributed by atoms with Gasteiger partial charge in [0, 0.05) is 11.6 Å². The third-order valence-electron chi connectivity index (χ3n) is 4.27. The lowest BCUT2D eigenvalue weighted by Gasteiger charge is -2.11. The number of nitro groups is 1. The molecule has 0 amide bonds. The summed E-state index contributed by atoms with van der Waals surface area (Å²) in [5, 5.41) is 11.5. The van der Waals surface area contributed by atoms with E-state index in [4.69, 9.17) is 9.47 Å². The fourth-order valence-electron chi connectivity index (χ4n) is 2.77. The molecular formula is C19H21N3O4. The third-order valence-corrected chi connectivity index (χ3v) is 4.27. The molecule has 3 aromatic rings. The van der Waals surface area contributed by atoms with Gasteiger partial charge in [-0.1, -0.05) is 6.92 Å². The van der Waals surface area contributed by atoms with Gasteiger partial charge in [0.05, 0.1) is 29.7 Å². The number of nitro benzene ring substituents is 1. The van der Waals surface area contributed by atoms with Crippen molar-refractivity contribution in [2.75, 3.05) is 13.7 Å². The molecule has 0 bridgehead atoms. The van der Waals surface area contributed by atoms with E-state index in [1.54, 1.807) is 6.07 Å². The molecule has 3 rings (SSSR count). The molecule has 0 saturated heterocycles. The lowest BCUT2D eigenvalue weighted by atomic mass is 10.1. The minimum absolute atomic E-state index is 0.138. The Morgan fingerprint density at radius 2 is 1.92 bits per heavy atom. The monoisotopic (exact) mass is 355 g/mol. The molecule has 2 aromatic carbocycles. The van der Waals surface area contributed by atoms with Gasteiger partial charge in [0.1, 0.15) is 5.82 Å². The number of H-pyrrole nitrogens is 1. The molecular weight excluding hydrogens is 334 g/mol. The first-order valence-corrected chi connectivity index (χ1v) is 8.41. The number of aryl methyl sites for hydroxylation is 2. The van der Waals surface area contributed by atoms with E-state index >= 15 is 0 Å². The van der Waals surface area contributed by atoms with Crippen LogP contribution in [0.25, 0.3) is 22.4 Å². The highest BCUT2D eigenvalue weighted by atomic mass is 16.6. The molecule has 7 heteroatoms. The van der Waals surface area contributed by atoms with Gasteiger partial charge in [-0.3, -0.25) is 10.1 Å². The molecule has 0 fully saturated rings. The first-order chi connectivity index (χ1) is 12.4. The zero-order valence-electron chi connectivity index (χ0n) is 15.3. The summed E-state index contributed by atoms with van der Waals surface area (Å²) in [4.78, 5) is 18.9. The van der Waals surface area contributed by atoms with Crippen molar-refractivity contribution < 1.29 is 14.4 Å². The van der Waals surface area contributed by atoms with Crippen molar-refractivity contribution >= 4 is 16.7 Å². The number of benzene rings is 2. The highest BCUT2D eigenvalue weighted by Gasteiger charge is 2.23. The summed E-state index contributed by atoms with van der Waals surface area (Å²) < 4.78 is 10.9. The Labute approximate surface area is 151 Å². The van der Waals surface area contributed by atoms with Gasteiger partial charge in [-0.2, -0.15) is 0 Å². The van der Waals surface area contributed by atoms with E-state index in [1.165, 1.54) is 13.2 Å². The smallest absolute Gasteiger partial charge is 0.315 e. The number of methoxy groups -OCH3 is 1. The van der Waals surface area contributed by atoms with Crippen molar-refractivity contribution in [3.8, 4) is 22.9 Å². The van der Waals surface area contributed by atoms with Crippen LogP contribution in [0.2, 0.25) is 0 Å². The van der Waals surface area contributed by atoms with Crippen LogP contribution in [0.15, 0.2) is 24.3 Å². The minimum Gasteiger partial charge on any atom is -0.493 e. The fraction of sp³-hybridized carbons (Fsp3) is 0.316. The van der Waals surface area contributed by atoms with Crippen molar-refractivity contribution in [1.82, 2.24) is 9.97 Å². The van der Waals surface area contributed by atoms with Gasteiger partial charge >= 0.3 is 5.69 Å². The third kappa shape index (κ3) is 3.20. The number of aromatic nitrogens is 2. The van der Waals surface area contributed by atoms with Crippen molar-refractivity contribution in [3.05, 3.63) is 45.5 Å². The summed E-state index contributed by atoms with van der Waals surface area (Å²) >= 11 is 0. The Kier molecular flexibility index (Phi) is 4.79. The number of aromatic amines is 1. The first-order valence-electron chi connectivity index (χ1n) is 8.41. The Bertz CT molecular complexity index is 940. The number of nitrogens with one attached hydrogen (secondary N) is 1. The Morgan fingerprint density at radius 3 is 2.58 bits per heavy atom. The van der Waals surface area contributed by atoms with Gasteiger partial charge < -0.3 is 14.5 Å². The number of ether oxygens (including phenoxy) is 2. The number of nitrogens with zero attached hydrogens (tertiary/aromatic N) is 2. The molecule has 1 N–H and O–H groups in total. The molecule has 0 radical (unpaired) electrons. The summed E-state index contributed by atoms with van der Waals surface area (Å²) in [6, 6.07) is 7.18. The highest BCUT2D eigenvalue weighted by Crippen LogP contribution is 2.41. The van der Waals surface area contributed by atoms with Gasteiger partial charge in [0.2, 0.25) is 5.75 Å².